The van der Waals surface area contributed by atoms with E-state index in [2.05, 4.69) is 34.6 Å². The summed E-state index contributed by atoms with van der Waals surface area (Å²) in [7, 11) is 1.86. The van der Waals surface area contributed by atoms with Crippen LogP contribution in [0, 0.1) is 0 Å². The number of nitrogens with zero attached hydrogens (tertiary/aromatic N) is 2. The van der Waals surface area contributed by atoms with E-state index in [1.165, 1.54) is 5.56 Å². The molecule has 6 heteroatoms. The molecule has 0 aliphatic carbocycles. The molecule has 2 heterocycles. The van der Waals surface area contributed by atoms with Gasteiger partial charge in [0.05, 0.1) is 5.52 Å². The van der Waals surface area contributed by atoms with Crippen molar-refractivity contribution in [2.24, 2.45) is 0 Å². The van der Waals surface area contributed by atoms with Gasteiger partial charge in [-0.15, -0.1) is 24.8 Å². The highest BCUT2D eigenvalue weighted by molar-refractivity contribution is 5.94. The van der Waals surface area contributed by atoms with E-state index in [0.29, 0.717) is 12.5 Å². The standard InChI is InChI=1S/C22H23N3O.2ClH/c1-25(15-19-7-3-9-21-20(19)8-4-11-24-21)22(26)17-6-2-5-16(13-17)18-10-12-23-14-18;;/h2-9,11,13,18,23H,10,12,14-15H2,1H3;2*1H. The van der Waals surface area contributed by atoms with Gasteiger partial charge in [0.25, 0.3) is 5.91 Å². The number of aromatic nitrogens is 1. The van der Waals surface area contributed by atoms with Gasteiger partial charge in [-0.3, -0.25) is 9.78 Å². The summed E-state index contributed by atoms with van der Waals surface area (Å²) >= 11 is 0. The summed E-state index contributed by atoms with van der Waals surface area (Å²) in [5.74, 6) is 0.566. The lowest BCUT2D eigenvalue weighted by Crippen LogP contribution is -2.26. The Labute approximate surface area is 178 Å². The van der Waals surface area contributed by atoms with Gasteiger partial charge < -0.3 is 10.2 Å². The van der Waals surface area contributed by atoms with E-state index in [-0.39, 0.29) is 30.7 Å². The Morgan fingerprint density at radius 3 is 2.75 bits per heavy atom. The molecule has 1 fully saturated rings. The summed E-state index contributed by atoms with van der Waals surface area (Å²) in [6, 6.07) is 18.2. The van der Waals surface area contributed by atoms with Crippen molar-refractivity contribution < 1.29 is 4.79 Å². The van der Waals surface area contributed by atoms with Gasteiger partial charge in [-0.25, -0.2) is 0 Å². The van der Waals surface area contributed by atoms with Crippen LogP contribution in [0.25, 0.3) is 10.9 Å². The van der Waals surface area contributed by atoms with Gasteiger partial charge in [0.2, 0.25) is 0 Å². The monoisotopic (exact) mass is 417 g/mol. The van der Waals surface area contributed by atoms with Crippen LogP contribution in [0.4, 0.5) is 0 Å². The Kier molecular flexibility index (Phi) is 7.81. The van der Waals surface area contributed by atoms with Gasteiger partial charge in [-0.2, -0.15) is 0 Å². The van der Waals surface area contributed by atoms with Crippen molar-refractivity contribution in [1.82, 2.24) is 15.2 Å². The minimum atomic E-state index is 0. The number of rotatable bonds is 4. The average molecular weight is 418 g/mol. The van der Waals surface area contributed by atoms with Crippen LogP contribution in [0.3, 0.4) is 0 Å². The molecular weight excluding hydrogens is 393 g/mol. The van der Waals surface area contributed by atoms with E-state index < -0.39 is 0 Å². The summed E-state index contributed by atoms with van der Waals surface area (Å²) in [4.78, 5) is 19.1. The normalized spacial score (nSPS) is 15.5. The van der Waals surface area contributed by atoms with Crippen molar-refractivity contribution in [3.8, 4) is 0 Å². The highest BCUT2D eigenvalue weighted by Crippen LogP contribution is 2.24. The zero-order chi connectivity index (χ0) is 17.9. The molecule has 1 atom stereocenters. The highest BCUT2D eigenvalue weighted by atomic mass is 35.5. The van der Waals surface area contributed by atoms with E-state index in [1.807, 2.05) is 37.4 Å². The topological polar surface area (TPSA) is 45.2 Å². The number of hydrogen-bond donors (Lipinski definition) is 1. The van der Waals surface area contributed by atoms with Crippen LogP contribution in [0.15, 0.2) is 60.8 Å². The lowest BCUT2D eigenvalue weighted by Gasteiger charge is -2.19. The number of fused-ring (bicyclic) bond motifs is 1. The molecule has 4 rings (SSSR count). The first-order chi connectivity index (χ1) is 12.7. The molecule has 148 valence electrons. The molecule has 1 aliphatic rings. The highest BCUT2D eigenvalue weighted by Gasteiger charge is 2.19. The number of nitrogens with one attached hydrogen (secondary N) is 1. The van der Waals surface area contributed by atoms with E-state index in [1.54, 1.807) is 11.1 Å². The second-order valence-corrected chi connectivity index (χ2v) is 6.96. The van der Waals surface area contributed by atoms with E-state index in [0.717, 1.165) is 41.5 Å². The number of halogens is 2. The molecule has 1 saturated heterocycles. The van der Waals surface area contributed by atoms with Crippen molar-refractivity contribution in [2.75, 3.05) is 20.1 Å². The van der Waals surface area contributed by atoms with Gasteiger partial charge in [0, 0.05) is 37.3 Å². The second-order valence-electron chi connectivity index (χ2n) is 6.96. The van der Waals surface area contributed by atoms with Crippen LogP contribution in [0.5, 0.6) is 0 Å². The van der Waals surface area contributed by atoms with E-state index in [4.69, 9.17) is 0 Å². The van der Waals surface area contributed by atoms with Gasteiger partial charge >= 0.3 is 0 Å². The summed E-state index contributed by atoms with van der Waals surface area (Å²) in [5, 5.41) is 4.49. The average Bonchev–Trinajstić information content (AvgIpc) is 3.23. The number of pyridine rings is 1. The minimum Gasteiger partial charge on any atom is -0.337 e. The molecule has 4 nitrogen and oxygen atoms in total. The molecule has 2 aromatic carbocycles. The zero-order valence-electron chi connectivity index (χ0n) is 15.8. The smallest absolute Gasteiger partial charge is 0.253 e. The Morgan fingerprint density at radius 1 is 1.14 bits per heavy atom. The van der Waals surface area contributed by atoms with Crippen molar-refractivity contribution in [1.29, 1.82) is 0 Å². The van der Waals surface area contributed by atoms with Crippen LogP contribution in [-0.4, -0.2) is 35.9 Å². The first-order valence-corrected chi connectivity index (χ1v) is 9.11. The molecule has 0 spiro atoms. The molecule has 0 bridgehead atoms. The fourth-order valence-electron chi connectivity index (χ4n) is 3.72. The minimum absolute atomic E-state index is 0. The summed E-state index contributed by atoms with van der Waals surface area (Å²) in [5.41, 5.74) is 4.09. The van der Waals surface area contributed by atoms with Gasteiger partial charge in [-0.1, -0.05) is 30.3 Å². The first kappa shape index (κ1) is 22.2. The van der Waals surface area contributed by atoms with Gasteiger partial charge in [0.15, 0.2) is 0 Å². The first-order valence-electron chi connectivity index (χ1n) is 9.11. The van der Waals surface area contributed by atoms with Crippen molar-refractivity contribution >= 4 is 41.6 Å². The quantitative estimate of drug-likeness (QED) is 0.682. The molecule has 1 aromatic heterocycles. The van der Waals surface area contributed by atoms with Crippen molar-refractivity contribution in [3.05, 3.63) is 77.5 Å². The van der Waals surface area contributed by atoms with E-state index in [9.17, 15) is 4.79 Å². The lowest BCUT2D eigenvalue weighted by atomic mass is 9.96. The Morgan fingerprint density at radius 2 is 1.96 bits per heavy atom. The van der Waals surface area contributed by atoms with Crippen molar-refractivity contribution in [2.45, 2.75) is 18.9 Å². The SMILES string of the molecule is CN(Cc1cccc2ncccc12)C(=O)c1cccc(C2CCNC2)c1.Cl.Cl. The Balaban J connectivity index is 0.00000140. The fraction of sp³-hybridized carbons (Fsp3) is 0.273. The third kappa shape index (κ3) is 4.64. The molecule has 0 radical (unpaired) electrons. The molecule has 3 aromatic rings. The second kappa shape index (κ2) is 9.87. The summed E-state index contributed by atoms with van der Waals surface area (Å²) in [6.45, 7) is 2.62. The predicted octanol–water partition coefficient (Wildman–Crippen LogP) is 4.43. The maximum Gasteiger partial charge on any atom is 0.253 e. The molecule has 28 heavy (non-hydrogen) atoms. The van der Waals surface area contributed by atoms with E-state index >= 15 is 0 Å². The molecular formula is C22H25Cl2N3O. The molecule has 0 saturated carbocycles. The van der Waals surface area contributed by atoms with Crippen LogP contribution >= 0.6 is 24.8 Å². The molecule has 1 N–H and O–H groups in total. The number of carbonyl (C=O) groups excluding carboxylic acids is 1. The maximum absolute atomic E-state index is 12.9. The molecule has 1 amide bonds. The predicted molar refractivity (Wildman–Crippen MR) is 119 cm³/mol. The third-order valence-corrected chi connectivity index (χ3v) is 5.16. The van der Waals surface area contributed by atoms with Crippen LogP contribution in [0.1, 0.15) is 33.8 Å². The largest absolute Gasteiger partial charge is 0.337 e. The lowest BCUT2D eigenvalue weighted by molar-refractivity contribution is 0.0785. The summed E-state index contributed by atoms with van der Waals surface area (Å²) < 4.78 is 0. The van der Waals surface area contributed by atoms with Crippen LogP contribution in [-0.2, 0) is 6.54 Å². The number of hydrogen-bond acceptors (Lipinski definition) is 3. The number of amides is 1. The van der Waals surface area contributed by atoms with Crippen LogP contribution in [0.2, 0.25) is 0 Å². The summed E-state index contributed by atoms with van der Waals surface area (Å²) in [6.07, 6.45) is 2.93. The Bertz CT molecular complexity index is 936. The van der Waals surface area contributed by atoms with Crippen LogP contribution < -0.4 is 5.32 Å². The third-order valence-electron chi connectivity index (χ3n) is 5.16. The van der Waals surface area contributed by atoms with Gasteiger partial charge in [0.1, 0.15) is 0 Å². The zero-order valence-corrected chi connectivity index (χ0v) is 17.4. The molecule has 1 unspecified atom stereocenters. The number of carbonyl (C=O) groups is 1. The molecule has 1 aliphatic heterocycles. The fourth-order valence-corrected chi connectivity index (χ4v) is 3.72. The Hall–Kier alpha value is -2.14. The van der Waals surface area contributed by atoms with Crippen molar-refractivity contribution in [3.63, 3.8) is 0 Å². The van der Waals surface area contributed by atoms with Gasteiger partial charge in [-0.05, 0) is 54.3 Å². The number of benzene rings is 2. The maximum atomic E-state index is 12.9.